The fraction of sp³-hybridized carbons (Fsp3) is 0.200. The molecule has 3 aromatic rings. The molecule has 0 saturated carbocycles. The standard InChI is InChI=1S/C20H18F3N3O2/c1-13(12-28-17-10-6-5-9-16(17)20(21,22)23)25-19(27)15-11-24-26-18(15)14-7-3-2-4-8-14/h2-11,13H,12H2,1H3,(H,24,26)(H,25,27). The van der Waals surface area contributed by atoms with Crippen LogP contribution in [0.5, 0.6) is 5.75 Å². The van der Waals surface area contributed by atoms with Crippen LogP contribution in [0.3, 0.4) is 0 Å². The molecule has 0 saturated heterocycles. The first-order valence-electron chi connectivity index (χ1n) is 8.55. The van der Waals surface area contributed by atoms with E-state index in [2.05, 4.69) is 15.5 Å². The van der Waals surface area contributed by atoms with Crippen molar-refractivity contribution in [3.8, 4) is 17.0 Å². The number of aromatic amines is 1. The quantitative estimate of drug-likeness (QED) is 0.661. The lowest BCUT2D eigenvalue weighted by molar-refractivity contribution is -0.139. The molecule has 5 nitrogen and oxygen atoms in total. The number of halogens is 3. The Balaban J connectivity index is 1.65. The van der Waals surface area contributed by atoms with Crippen molar-refractivity contribution in [2.24, 2.45) is 0 Å². The van der Waals surface area contributed by atoms with Crippen LogP contribution in [0.25, 0.3) is 11.3 Å². The van der Waals surface area contributed by atoms with E-state index in [1.165, 1.54) is 24.4 Å². The maximum absolute atomic E-state index is 13.0. The van der Waals surface area contributed by atoms with Crippen LogP contribution in [0.1, 0.15) is 22.8 Å². The molecule has 1 amide bonds. The van der Waals surface area contributed by atoms with Gasteiger partial charge in [-0.15, -0.1) is 0 Å². The van der Waals surface area contributed by atoms with Gasteiger partial charge in [0.1, 0.15) is 12.4 Å². The molecule has 1 heterocycles. The molecule has 28 heavy (non-hydrogen) atoms. The first-order valence-corrected chi connectivity index (χ1v) is 8.55. The number of hydrogen-bond donors (Lipinski definition) is 2. The van der Waals surface area contributed by atoms with E-state index in [-0.39, 0.29) is 12.4 Å². The number of nitrogens with one attached hydrogen (secondary N) is 2. The Hall–Kier alpha value is -3.29. The van der Waals surface area contributed by atoms with Crippen LogP contribution in [0.15, 0.2) is 60.8 Å². The van der Waals surface area contributed by atoms with Crippen molar-refractivity contribution in [1.82, 2.24) is 15.5 Å². The molecule has 146 valence electrons. The van der Waals surface area contributed by atoms with Gasteiger partial charge in [0.2, 0.25) is 0 Å². The Kier molecular flexibility index (Phi) is 5.67. The molecule has 0 radical (unpaired) electrons. The number of amides is 1. The Morgan fingerprint density at radius 1 is 1.14 bits per heavy atom. The number of carbonyl (C=O) groups is 1. The van der Waals surface area contributed by atoms with Crippen LogP contribution in [-0.2, 0) is 6.18 Å². The predicted molar refractivity (Wildman–Crippen MR) is 97.9 cm³/mol. The van der Waals surface area contributed by atoms with E-state index in [0.29, 0.717) is 11.3 Å². The van der Waals surface area contributed by atoms with Crippen LogP contribution in [0.4, 0.5) is 13.2 Å². The summed E-state index contributed by atoms with van der Waals surface area (Å²) in [7, 11) is 0. The lowest BCUT2D eigenvalue weighted by Crippen LogP contribution is -2.37. The highest BCUT2D eigenvalue weighted by Gasteiger charge is 2.34. The Bertz CT molecular complexity index is 939. The van der Waals surface area contributed by atoms with E-state index >= 15 is 0 Å². The molecular formula is C20H18F3N3O2. The third-order valence-electron chi connectivity index (χ3n) is 4.01. The van der Waals surface area contributed by atoms with Crippen LogP contribution in [-0.4, -0.2) is 28.8 Å². The topological polar surface area (TPSA) is 67.0 Å². The molecule has 1 unspecified atom stereocenters. The van der Waals surface area contributed by atoms with Gasteiger partial charge in [0, 0.05) is 5.56 Å². The summed E-state index contributed by atoms with van der Waals surface area (Å²) in [6.45, 7) is 1.54. The molecule has 8 heteroatoms. The third kappa shape index (κ3) is 4.51. The first-order chi connectivity index (χ1) is 13.4. The van der Waals surface area contributed by atoms with Crippen molar-refractivity contribution in [1.29, 1.82) is 0 Å². The average Bonchev–Trinajstić information content (AvgIpc) is 3.16. The summed E-state index contributed by atoms with van der Waals surface area (Å²) < 4.78 is 44.3. The number of carbonyl (C=O) groups excluding carboxylic acids is 1. The van der Waals surface area contributed by atoms with Gasteiger partial charge in [-0.3, -0.25) is 9.89 Å². The van der Waals surface area contributed by atoms with Crippen LogP contribution in [0.2, 0.25) is 0 Å². The van der Waals surface area contributed by atoms with E-state index in [4.69, 9.17) is 4.74 Å². The Morgan fingerprint density at radius 2 is 1.82 bits per heavy atom. The van der Waals surface area contributed by atoms with Crippen LogP contribution in [0, 0.1) is 0 Å². The number of para-hydroxylation sites is 1. The van der Waals surface area contributed by atoms with Crippen molar-refractivity contribution in [3.63, 3.8) is 0 Å². The smallest absolute Gasteiger partial charge is 0.419 e. The molecule has 0 aliphatic rings. The van der Waals surface area contributed by atoms with E-state index < -0.39 is 23.7 Å². The summed E-state index contributed by atoms with van der Waals surface area (Å²) in [5, 5.41) is 9.42. The lowest BCUT2D eigenvalue weighted by atomic mass is 10.1. The fourth-order valence-corrected chi connectivity index (χ4v) is 2.67. The number of rotatable bonds is 6. The van der Waals surface area contributed by atoms with E-state index in [0.717, 1.165) is 11.6 Å². The second kappa shape index (κ2) is 8.16. The average molecular weight is 389 g/mol. The van der Waals surface area contributed by atoms with Gasteiger partial charge >= 0.3 is 6.18 Å². The molecule has 3 rings (SSSR count). The largest absolute Gasteiger partial charge is 0.491 e. The van der Waals surface area contributed by atoms with Crippen molar-refractivity contribution >= 4 is 5.91 Å². The van der Waals surface area contributed by atoms with Crippen molar-refractivity contribution in [2.45, 2.75) is 19.1 Å². The number of alkyl halides is 3. The van der Waals surface area contributed by atoms with Gasteiger partial charge in [-0.2, -0.15) is 18.3 Å². The highest BCUT2D eigenvalue weighted by atomic mass is 19.4. The molecular weight excluding hydrogens is 371 g/mol. The van der Waals surface area contributed by atoms with Gasteiger partial charge in [-0.1, -0.05) is 42.5 Å². The Labute approximate surface area is 159 Å². The number of aromatic nitrogens is 2. The number of H-pyrrole nitrogens is 1. The number of benzene rings is 2. The van der Waals surface area contributed by atoms with E-state index in [9.17, 15) is 18.0 Å². The maximum Gasteiger partial charge on any atom is 0.419 e. The van der Waals surface area contributed by atoms with Gasteiger partial charge in [-0.05, 0) is 19.1 Å². The molecule has 2 N–H and O–H groups in total. The molecule has 1 aromatic heterocycles. The highest BCUT2D eigenvalue weighted by molar-refractivity contribution is 5.99. The molecule has 2 aromatic carbocycles. The summed E-state index contributed by atoms with van der Waals surface area (Å²) in [5.74, 6) is -0.669. The van der Waals surface area contributed by atoms with Gasteiger partial charge in [0.15, 0.2) is 0 Å². The number of nitrogens with zero attached hydrogens (tertiary/aromatic N) is 1. The monoisotopic (exact) mass is 389 g/mol. The van der Waals surface area contributed by atoms with Gasteiger partial charge in [0.05, 0.1) is 29.1 Å². The summed E-state index contributed by atoms with van der Waals surface area (Å²) in [5.41, 5.74) is 0.852. The van der Waals surface area contributed by atoms with Gasteiger partial charge in [-0.25, -0.2) is 0 Å². The lowest BCUT2D eigenvalue weighted by Gasteiger charge is -2.18. The van der Waals surface area contributed by atoms with E-state index in [1.807, 2.05) is 30.3 Å². The molecule has 0 bridgehead atoms. The normalized spacial score (nSPS) is 12.4. The van der Waals surface area contributed by atoms with Gasteiger partial charge in [0.25, 0.3) is 5.91 Å². The van der Waals surface area contributed by atoms with Crippen LogP contribution < -0.4 is 10.1 Å². The minimum absolute atomic E-state index is 0.114. The minimum atomic E-state index is -4.51. The zero-order chi connectivity index (χ0) is 20.1. The zero-order valence-electron chi connectivity index (χ0n) is 15.0. The van der Waals surface area contributed by atoms with Crippen molar-refractivity contribution in [2.75, 3.05) is 6.61 Å². The molecule has 0 fully saturated rings. The third-order valence-corrected chi connectivity index (χ3v) is 4.01. The predicted octanol–water partition coefficient (Wildman–Crippen LogP) is 4.29. The second-order valence-electron chi connectivity index (χ2n) is 6.20. The molecule has 0 aliphatic heterocycles. The first kappa shape index (κ1) is 19.5. The second-order valence-corrected chi connectivity index (χ2v) is 6.20. The summed E-state index contributed by atoms with van der Waals surface area (Å²) in [6.07, 6.45) is -3.10. The Morgan fingerprint density at radius 3 is 2.54 bits per heavy atom. The SMILES string of the molecule is CC(COc1ccccc1C(F)(F)F)NC(=O)c1cn[nH]c1-c1ccccc1. The maximum atomic E-state index is 13.0. The molecule has 1 atom stereocenters. The zero-order valence-corrected chi connectivity index (χ0v) is 15.0. The fourth-order valence-electron chi connectivity index (χ4n) is 2.67. The summed E-state index contributed by atoms with van der Waals surface area (Å²) >= 11 is 0. The summed E-state index contributed by atoms with van der Waals surface area (Å²) in [4.78, 5) is 12.5. The minimum Gasteiger partial charge on any atom is -0.491 e. The summed E-state index contributed by atoms with van der Waals surface area (Å²) in [6, 6.07) is 13.7. The van der Waals surface area contributed by atoms with E-state index in [1.54, 1.807) is 6.92 Å². The number of hydrogen-bond acceptors (Lipinski definition) is 3. The van der Waals surface area contributed by atoms with Crippen LogP contribution >= 0.6 is 0 Å². The van der Waals surface area contributed by atoms with Gasteiger partial charge < -0.3 is 10.1 Å². The number of ether oxygens (including phenoxy) is 1. The molecule has 0 spiro atoms. The van der Waals surface area contributed by atoms with Crippen molar-refractivity contribution in [3.05, 3.63) is 71.9 Å². The van der Waals surface area contributed by atoms with Crippen molar-refractivity contribution < 1.29 is 22.7 Å². The molecule has 0 aliphatic carbocycles. The highest BCUT2D eigenvalue weighted by Crippen LogP contribution is 2.35.